The lowest BCUT2D eigenvalue weighted by atomic mass is 10.3. The van der Waals surface area contributed by atoms with Gasteiger partial charge in [0.05, 0.1) is 13.2 Å². The van der Waals surface area contributed by atoms with Crippen molar-refractivity contribution in [3.05, 3.63) is 11.8 Å². The number of allylic oxidation sites excluding steroid dienone is 1. The van der Waals surface area contributed by atoms with Crippen LogP contribution in [0.5, 0.6) is 0 Å². The third kappa shape index (κ3) is 3.39. The molecule has 0 aromatic carbocycles. The van der Waals surface area contributed by atoms with Crippen molar-refractivity contribution in [3.63, 3.8) is 0 Å². The first kappa shape index (κ1) is 8.56. The lowest BCUT2D eigenvalue weighted by Crippen LogP contribution is -2.36. The van der Waals surface area contributed by atoms with Gasteiger partial charge in [-0.05, 0) is 6.92 Å². The van der Waals surface area contributed by atoms with Crippen LogP contribution < -0.4 is 5.73 Å². The Morgan fingerprint density at radius 3 is 2.73 bits per heavy atom. The molecule has 0 amide bonds. The van der Waals surface area contributed by atoms with Crippen LogP contribution in [0.2, 0.25) is 0 Å². The summed E-state index contributed by atoms with van der Waals surface area (Å²) >= 11 is 0. The number of ether oxygens (including phenoxy) is 1. The Kier molecular flexibility index (Phi) is 3.39. The van der Waals surface area contributed by atoms with Gasteiger partial charge >= 0.3 is 0 Å². The van der Waals surface area contributed by atoms with Crippen LogP contribution in [0.3, 0.4) is 0 Å². The Morgan fingerprint density at radius 2 is 2.18 bits per heavy atom. The van der Waals surface area contributed by atoms with Gasteiger partial charge in [0.15, 0.2) is 0 Å². The van der Waals surface area contributed by atoms with Gasteiger partial charge in [0.25, 0.3) is 0 Å². The van der Waals surface area contributed by atoms with Crippen LogP contribution in [-0.2, 0) is 4.74 Å². The number of hydrogen-bond donors (Lipinski definition) is 1. The normalized spacial score (nSPS) is 22.1. The molecule has 1 saturated heterocycles. The highest BCUT2D eigenvalue weighted by Gasteiger charge is 2.07. The van der Waals surface area contributed by atoms with E-state index in [9.17, 15) is 0 Å². The lowest BCUT2D eigenvalue weighted by Gasteiger charge is -2.25. The minimum absolute atomic E-state index is 0.859. The van der Waals surface area contributed by atoms with Gasteiger partial charge in [-0.3, -0.25) is 4.90 Å². The molecule has 64 valence electrons. The summed E-state index contributed by atoms with van der Waals surface area (Å²) in [4.78, 5) is 2.33. The molecule has 0 aromatic heterocycles. The Morgan fingerprint density at radius 1 is 1.55 bits per heavy atom. The van der Waals surface area contributed by atoms with Gasteiger partial charge in [0.2, 0.25) is 0 Å². The summed E-state index contributed by atoms with van der Waals surface area (Å²) in [6.07, 6.45) is 2.05. The molecular weight excluding hydrogens is 140 g/mol. The molecule has 0 atom stereocenters. The zero-order chi connectivity index (χ0) is 8.10. The molecule has 0 saturated carbocycles. The first-order chi connectivity index (χ1) is 5.29. The largest absolute Gasteiger partial charge is 0.402 e. The van der Waals surface area contributed by atoms with Crippen LogP contribution >= 0.6 is 0 Å². The molecule has 3 nitrogen and oxygen atoms in total. The summed E-state index contributed by atoms with van der Waals surface area (Å²) in [7, 11) is 0. The first-order valence-electron chi connectivity index (χ1n) is 4.01. The van der Waals surface area contributed by atoms with E-state index < -0.39 is 0 Å². The van der Waals surface area contributed by atoms with Crippen molar-refractivity contribution in [1.29, 1.82) is 0 Å². The van der Waals surface area contributed by atoms with Gasteiger partial charge in [0.1, 0.15) is 0 Å². The zero-order valence-electron chi connectivity index (χ0n) is 7.05. The number of rotatable bonds is 2. The Balaban J connectivity index is 2.19. The molecule has 1 aliphatic heterocycles. The monoisotopic (exact) mass is 156 g/mol. The SMILES string of the molecule is C/C(N)=C/CN1CCOCC1. The van der Waals surface area contributed by atoms with Gasteiger partial charge in [-0.25, -0.2) is 0 Å². The zero-order valence-corrected chi connectivity index (χ0v) is 7.05. The Hall–Kier alpha value is -0.540. The predicted octanol–water partition coefficient (Wildman–Crippen LogP) is 0.181. The third-order valence-electron chi connectivity index (χ3n) is 1.78. The maximum atomic E-state index is 5.51. The van der Waals surface area contributed by atoms with Gasteiger partial charge in [0, 0.05) is 25.3 Å². The quantitative estimate of drug-likeness (QED) is 0.620. The summed E-state index contributed by atoms with van der Waals surface area (Å²) in [5, 5.41) is 0. The van der Waals surface area contributed by atoms with Crippen molar-refractivity contribution >= 4 is 0 Å². The van der Waals surface area contributed by atoms with E-state index in [2.05, 4.69) is 4.90 Å². The molecule has 0 aromatic rings. The van der Waals surface area contributed by atoms with Crippen LogP contribution in [-0.4, -0.2) is 37.7 Å². The van der Waals surface area contributed by atoms with E-state index in [1.54, 1.807) is 0 Å². The molecule has 0 unspecified atom stereocenters. The van der Waals surface area contributed by atoms with Gasteiger partial charge in [-0.15, -0.1) is 0 Å². The molecular formula is C8H16N2O. The Bertz CT molecular complexity index is 135. The molecule has 1 fully saturated rings. The number of hydrogen-bond acceptors (Lipinski definition) is 3. The second kappa shape index (κ2) is 4.36. The van der Waals surface area contributed by atoms with Crippen LogP contribution in [0, 0.1) is 0 Å². The minimum Gasteiger partial charge on any atom is -0.402 e. The van der Waals surface area contributed by atoms with Gasteiger partial charge in [-0.1, -0.05) is 6.08 Å². The summed E-state index contributed by atoms with van der Waals surface area (Å²) in [5.74, 6) is 0. The molecule has 0 aliphatic carbocycles. The van der Waals surface area contributed by atoms with E-state index in [0.717, 1.165) is 38.5 Å². The van der Waals surface area contributed by atoms with E-state index in [0.29, 0.717) is 0 Å². The second-order valence-electron chi connectivity index (χ2n) is 2.86. The lowest BCUT2D eigenvalue weighted by molar-refractivity contribution is 0.0433. The summed E-state index contributed by atoms with van der Waals surface area (Å²) in [6, 6.07) is 0. The van der Waals surface area contributed by atoms with Crippen molar-refractivity contribution in [2.75, 3.05) is 32.8 Å². The van der Waals surface area contributed by atoms with Crippen LogP contribution in [0.15, 0.2) is 11.8 Å². The molecule has 1 rings (SSSR count). The average Bonchev–Trinajstić information content (AvgIpc) is 2.03. The molecule has 1 aliphatic rings. The van der Waals surface area contributed by atoms with Crippen molar-refractivity contribution in [1.82, 2.24) is 4.90 Å². The van der Waals surface area contributed by atoms with E-state index in [-0.39, 0.29) is 0 Å². The standard InChI is InChI=1S/C8H16N2O/c1-8(9)2-3-10-4-6-11-7-5-10/h2H,3-7,9H2,1H3/b8-2-. The van der Waals surface area contributed by atoms with Crippen molar-refractivity contribution in [3.8, 4) is 0 Å². The van der Waals surface area contributed by atoms with Crippen molar-refractivity contribution in [2.24, 2.45) is 5.73 Å². The fourth-order valence-corrected chi connectivity index (χ4v) is 1.06. The van der Waals surface area contributed by atoms with E-state index in [1.165, 1.54) is 0 Å². The van der Waals surface area contributed by atoms with Crippen LogP contribution in [0.25, 0.3) is 0 Å². The number of morpholine rings is 1. The minimum atomic E-state index is 0.859. The molecule has 0 bridgehead atoms. The van der Waals surface area contributed by atoms with E-state index in [1.807, 2.05) is 13.0 Å². The fourth-order valence-electron chi connectivity index (χ4n) is 1.06. The van der Waals surface area contributed by atoms with Crippen molar-refractivity contribution < 1.29 is 4.74 Å². The van der Waals surface area contributed by atoms with Crippen LogP contribution in [0.4, 0.5) is 0 Å². The number of nitrogens with zero attached hydrogens (tertiary/aromatic N) is 1. The smallest absolute Gasteiger partial charge is 0.0594 e. The molecule has 2 N–H and O–H groups in total. The van der Waals surface area contributed by atoms with E-state index in [4.69, 9.17) is 10.5 Å². The molecule has 0 spiro atoms. The maximum Gasteiger partial charge on any atom is 0.0594 e. The molecule has 0 radical (unpaired) electrons. The Labute approximate surface area is 67.8 Å². The predicted molar refractivity (Wildman–Crippen MR) is 45.2 cm³/mol. The molecule has 11 heavy (non-hydrogen) atoms. The highest BCUT2D eigenvalue weighted by molar-refractivity contribution is 4.93. The topological polar surface area (TPSA) is 38.5 Å². The van der Waals surface area contributed by atoms with Gasteiger partial charge in [-0.2, -0.15) is 0 Å². The summed E-state index contributed by atoms with van der Waals surface area (Å²) in [6.45, 7) is 6.66. The highest BCUT2D eigenvalue weighted by atomic mass is 16.5. The summed E-state index contributed by atoms with van der Waals surface area (Å²) < 4.78 is 5.21. The fraction of sp³-hybridized carbons (Fsp3) is 0.750. The van der Waals surface area contributed by atoms with Crippen LogP contribution in [0.1, 0.15) is 6.92 Å². The first-order valence-corrected chi connectivity index (χ1v) is 4.01. The van der Waals surface area contributed by atoms with E-state index >= 15 is 0 Å². The highest BCUT2D eigenvalue weighted by Crippen LogP contribution is 1.96. The number of nitrogens with two attached hydrogens (primary N) is 1. The third-order valence-corrected chi connectivity index (χ3v) is 1.78. The second-order valence-corrected chi connectivity index (χ2v) is 2.86. The maximum absolute atomic E-state index is 5.51. The summed E-state index contributed by atoms with van der Waals surface area (Å²) in [5.41, 5.74) is 6.41. The molecule has 3 heteroatoms. The molecule has 1 heterocycles. The van der Waals surface area contributed by atoms with Gasteiger partial charge < -0.3 is 10.5 Å². The van der Waals surface area contributed by atoms with Crippen molar-refractivity contribution in [2.45, 2.75) is 6.92 Å². The average molecular weight is 156 g/mol.